The van der Waals surface area contributed by atoms with E-state index in [9.17, 15) is 18.5 Å². The van der Waals surface area contributed by atoms with Gasteiger partial charge in [0.1, 0.15) is 0 Å². The molecule has 0 atom stereocenters. The normalized spacial score (nSPS) is 11.5. The predicted molar refractivity (Wildman–Crippen MR) is 110 cm³/mol. The number of pyridine rings is 1. The first kappa shape index (κ1) is 20.9. The Bertz CT molecular complexity index is 1090. The third-order valence-electron chi connectivity index (χ3n) is 4.28. The Kier molecular flexibility index (Phi) is 6.58. The van der Waals surface area contributed by atoms with Crippen molar-refractivity contribution in [3.8, 4) is 0 Å². The van der Waals surface area contributed by atoms with Crippen LogP contribution in [-0.4, -0.2) is 22.6 Å². The molecular formula is C20H18ClN3O4S. The molecule has 29 heavy (non-hydrogen) atoms. The summed E-state index contributed by atoms with van der Waals surface area (Å²) in [6, 6.07) is 17.7. The van der Waals surface area contributed by atoms with Crippen LogP contribution in [0.4, 0.5) is 5.69 Å². The minimum absolute atomic E-state index is 0.0213. The third-order valence-corrected chi connectivity index (χ3v) is 6.43. The zero-order valence-corrected chi connectivity index (χ0v) is 16.9. The van der Waals surface area contributed by atoms with E-state index in [1.807, 2.05) is 12.1 Å². The molecule has 7 nitrogen and oxygen atoms in total. The van der Waals surface area contributed by atoms with E-state index in [4.69, 9.17) is 11.6 Å². The van der Waals surface area contributed by atoms with Crippen LogP contribution in [-0.2, 0) is 29.0 Å². The highest BCUT2D eigenvalue weighted by Crippen LogP contribution is 2.28. The molecule has 1 aromatic heterocycles. The van der Waals surface area contributed by atoms with Crippen LogP contribution in [0.5, 0.6) is 0 Å². The van der Waals surface area contributed by atoms with E-state index in [2.05, 4.69) is 4.98 Å². The summed E-state index contributed by atoms with van der Waals surface area (Å²) in [5.41, 5.74) is 1.72. The van der Waals surface area contributed by atoms with Crippen molar-refractivity contribution < 1.29 is 13.3 Å². The molecule has 0 N–H and O–H groups in total. The summed E-state index contributed by atoms with van der Waals surface area (Å²) in [7, 11) is -4.16. The Morgan fingerprint density at radius 2 is 1.59 bits per heavy atom. The van der Waals surface area contributed by atoms with Crippen LogP contribution in [0.15, 0.2) is 77.8 Å². The molecular weight excluding hydrogens is 414 g/mol. The Morgan fingerprint density at radius 3 is 2.21 bits per heavy atom. The van der Waals surface area contributed by atoms with E-state index in [-0.39, 0.29) is 18.0 Å². The van der Waals surface area contributed by atoms with E-state index in [1.165, 1.54) is 28.6 Å². The van der Waals surface area contributed by atoms with Gasteiger partial charge in [0.15, 0.2) is 4.90 Å². The number of hydrogen-bond acceptors (Lipinski definition) is 5. The molecule has 0 radical (unpaired) electrons. The van der Waals surface area contributed by atoms with Gasteiger partial charge in [-0.15, -0.1) is 11.6 Å². The monoisotopic (exact) mass is 431 g/mol. The standard InChI is InChI=1S/C20H18ClN3O4S/c21-13-16-8-10-17(11-9-16)14-23(15-18-5-3-4-12-22-18)29(27,28)20-7-2-1-6-19(20)24(25)26/h1-12H,13-15H2. The lowest BCUT2D eigenvalue weighted by Crippen LogP contribution is -2.31. The van der Waals surface area contributed by atoms with Crippen LogP contribution in [0.1, 0.15) is 16.8 Å². The molecule has 0 unspecified atom stereocenters. The van der Waals surface area contributed by atoms with Gasteiger partial charge in [-0.2, -0.15) is 4.31 Å². The second-order valence-electron chi connectivity index (χ2n) is 6.27. The number of nitrogens with zero attached hydrogens (tertiary/aromatic N) is 3. The topological polar surface area (TPSA) is 93.4 Å². The first-order chi connectivity index (χ1) is 13.9. The number of alkyl halides is 1. The molecule has 0 saturated carbocycles. The van der Waals surface area contributed by atoms with Gasteiger partial charge in [-0.3, -0.25) is 15.1 Å². The fourth-order valence-corrected chi connectivity index (χ4v) is 4.54. The maximum atomic E-state index is 13.4. The summed E-state index contributed by atoms with van der Waals surface area (Å²) in [5, 5.41) is 11.4. The summed E-state index contributed by atoms with van der Waals surface area (Å²) < 4.78 is 27.9. The van der Waals surface area contributed by atoms with Crippen molar-refractivity contribution >= 4 is 27.3 Å². The van der Waals surface area contributed by atoms with Gasteiger partial charge in [-0.25, -0.2) is 8.42 Å². The Hall–Kier alpha value is -2.81. The van der Waals surface area contributed by atoms with E-state index >= 15 is 0 Å². The molecule has 0 bridgehead atoms. The van der Waals surface area contributed by atoms with Gasteiger partial charge in [0, 0.05) is 24.7 Å². The lowest BCUT2D eigenvalue weighted by atomic mass is 10.1. The molecule has 0 spiro atoms. The molecule has 3 aromatic rings. The van der Waals surface area contributed by atoms with Crippen LogP contribution in [0, 0.1) is 10.1 Å². The summed E-state index contributed by atoms with van der Waals surface area (Å²) in [4.78, 5) is 14.5. The highest BCUT2D eigenvalue weighted by atomic mass is 35.5. The third kappa shape index (κ3) is 4.97. The average Bonchev–Trinajstić information content (AvgIpc) is 2.74. The summed E-state index contributed by atoms with van der Waals surface area (Å²) >= 11 is 5.81. The van der Waals surface area contributed by atoms with Crippen molar-refractivity contribution in [1.82, 2.24) is 9.29 Å². The van der Waals surface area contributed by atoms with Crippen LogP contribution in [0.2, 0.25) is 0 Å². The van der Waals surface area contributed by atoms with E-state index in [0.717, 1.165) is 11.1 Å². The number of hydrogen-bond donors (Lipinski definition) is 0. The van der Waals surface area contributed by atoms with Gasteiger partial charge in [-0.05, 0) is 29.3 Å². The van der Waals surface area contributed by atoms with Crippen molar-refractivity contribution in [3.63, 3.8) is 0 Å². The fourth-order valence-electron chi connectivity index (χ4n) is 2.80. The second-order valence-corrected chi connectivity index (χ2v) is 8.44. The maximum absolute atomic E-state index is 13.4. The highest BCUT2D eigenvalue weighted by molar-refractivity contribution is 7.89. The zero-order chi connectivity index (χ0) is 20.9. The van der Waals surface area contributed by atoms with E-state index in [1.54, 1.807) is 36.5 Å². The van der Waals surface area contributed by atoms with Crippen molar-refractivity contribution in [1.29, 1.82) is 0 Å². The van der Waals surface area contributed by atoms with Gasteiger partial charge >= 0.3 is 0 Å². The molecule has 0 aliphatic heterocycles. The Balaban J connectivity index is 2.02. The van der Waals surface area contributed by atoms with Crippen LogP contribution >= 0.6 is 11.6 Å². The average molecular weight is 432 g/mol. The van der Waals surface area contributed by atoms with Crippen LogP contribution in [0.3, 0.4) is 0 Å². The number of nitro groups is 1. The van der Waals surface area contributed by atoms with Gasteiger partial charge in [0.25, 0.3) is 15.7 Å². The summed E-state index contributed by atoms with van der Waals surface area (Å²) in [5.74, 6) is 0.354. The van der Waals surface area contributed by atoms with E-state index in [0.29, 0.717) is 11.6 Å². The quantitative estimate of drug-likeness (QED) is 0.304. The van der Waals surface area contributed by atoms with Crippen molar-refractivity contribution in [2.45, 2.75) is 23.9 Å². The van der Waals surface area contributed by atoms with E-state index < -0.39 is 20.6 Å². The second kappa shape index (κ2) is 9.13. The molecule has 9 heteroatoms. The number of rotatable bonds is 8. The Labute approximate surface area is 173 Å². The van der Waals surface area contributed by atoms with Gasteiger partial charge in [0.2, 0.25) is 0 Å². The smallest absolute Gasteiger partial charge is 0.260 e. The van der Waals surface area contributed by atoms with Crippen LogP contribution in [0.25, 0.3) is 0 Å². The predicted octanol–water partition coefficient (Wildman–Crippen LogP) is 4.12. The molecule has 0 amide bonds. The first-order valence-electron chi connectivity index (χ1n) is 8.69. The van der Waals surface area contributed by atoms with Crippen molar-refractivity contribution in [2.24, 2.45) is 0 Å². The number of sulfonamides is 1. The molecule has 0 fully saturated rings. The number of benzene rings is 2. The number of nitro benzene ring substituents is 1. The summed E-state index contributed by atoms with van der Waals surface area (Å²) in [6.45, 7) is 0.0139. The minimum Gasteiger partial charge on any atom is -0.260 e. The lowest BCUT2D eigenvalue weighted by molar-refractivity contribution is -0.387. The number of aromatic nitrogens is 1. The fraction of sp³-hybridized carbons (Fsp3) is 0.150. The molecule has 0 aliphatic carbocycles. The molecule has 0 aliphatic rings. The van der Waals surface area contributed by atoms with Gasteiger partial charge in [-0.1, -0.05) is 42.5 Å². The maximum Gasteiger partial charge on any atom is 0.289 e. The van der Waals surface area contributed by atoms with Gasteiger partial charge < -0.3 is 0 Å². The highest BCUT2D eigenvalue weighted by Gasteiger charge is 2.31. The molecule has 0 saturated heterocycles. The lowest BCUT2D eigenvalue weighted by Gasteiger charge is -2.22. The zero-order valence-electron chi connectivity index (χ0n) is 15.3. The summed E-state index contributed by atoms with van der Waals surface area (Å²) in [6.07, 6.45) is 1.57. The van der Waals surface area contributed by atoms with Crippen molar-refractivity contribution in [3.05, 3.63) is 99.9 Å². The SMILES string of the molecule is O=[N+]([O-])c1ccccc1S(=O)(=O)N(Cc1ccc(CCl)cc1)Cc1ccccn1. The first-order valence-corrected chi connectivity index (χ1v) is 10.7. The molecule has 1 heterocycles. The van der Waals surface area contributed by atoms with Crippen LogP contribution < -0.4 is 0 Å². The Morgan fingerprint density at radius 1 is 0.931 bits per heavy atom. The number of para-hydroxylation sites is 1. The molecule has 3 rings (SSSR count). The minimum atomic E-state index is -4.16. The number of halogens is 1. The molecule has 2 aromatic carbocycles. The van der Waals surface area contributed by atoms with Gasteiger partial charge in [0.05, 0.1) is 17.2 Å². The van der Waals surface area contributed by atoms with Crippen molar-refractivity contribution in [2.75, 3.05) is 0 Å². The largest absolute Gasteiger partial charge is 0.289 e. The molecule has 150 valence electrons.